The summed E-state index contributed by atoms with van der Waals surface area (Å²) in [7, 11) is -2.78. The normalized spacial score (nSPS) is 12.3. The third-order valence-corrected chi connectivity index (χ3v) is 2.50. The predicted molar refractivity (Wildman–Crippen MR) is 55.8 cm³/mol. The van der Waals surface area contributed by atoms with Crippen molar-refractivity contribution in [3.05, 3.63) is 35.9 Å². The van der Waals surface area contributed by atoms with E-state index in [9.17, 15) is 9.36 Å². The Morgan fingerprint density at radius 1 is 1.33 bits per heavy atom. The van der Waals surface area contributed by atoms with Gasteiger partial charge in [0, 0.05) is 10.1 Å². The number of rotatable bonds is 4. The Bertz CT molecular complexity index is 372. The summed E-state index contributed by atoms with van der Waals surface area (Å²) in [6.07, 6.45) is 0. The van der Waals surface area contributed by atoms with Crippen LogP contribution in [-0.4, -0.2) is 16.3 Å². The van der Waals surface area contributed by atoms with E-state index in [1.807, 2.05) is 0 Å². The third-order valence-electron chi connectivity index (χ3n) is 1.89. The Kier molecular flexibility index (Phi) is 3.69. The maximum atomic E-state index is 11.8. The highest BCUT2D eigenvalue weighted by molar-refractivity contribution is 7.32. The number of hydrogen-bond donors (Lipinski definition) is 1. The smallest absolute Gasteiger partial charge is 0.291 e. The summed E-state index contributed by atoms with van der Waals surface area (Å²) < 4.78 is 15.2. The van der Waals surface area contributed by atoms with Gasteiger partial charge in [0.25, 0.3) is 0 Å². The van der Waals surface area contributed by atoms with E-state index in [-0.39, 0.29) is 5.78 Å². The van der Waals surface area contributed by atoms with Crippen LogP contribution in [0.5, 0.6) is 0 Å². The molecule has 1 atom stereocenters. The van der Waals surface area contributed by atoms with Crippen LogP contribution in [0.15, 0.2) is 30.3 Å². The molecule has 0 heterocycles. The fourth-order valence-electron chi connectivity index (χ4n) is 1.17. The van der Waals surface area contributed by atoms with Gasteiger partial charge in [-0.25, -0.2) is 0 Å². The zero-order valence-corrected chi connectivity index (χ0v) is 9.40. The fourth-order valence-corrected chi connectivity index (χ4v) is 1.65. The van der Waals surface area contributed by atoms with E-state index in [0.717, 1.165) is 0 Å². The van der Waals surface area contributed by atoms with Crippen LogP contribution >= 0.6 is 8.25 Å². The summed E-state index contributed by atoms with van der Waals surface area (Å²) in [6, 6.07) is 8.51. The molecule has 0 aliphatic heterocycles. The van der Waals surface area contributed by atoms with Crippen LogP contribution in [0.4, 0.5) is 0 Å². The molecule has 15 heavy (non-hydrogen) atoms. The van der Waals surface area contributed by atoms with Gasteiger partial charge in [-0.05, 0) is 13.8 Å². The monoisotopic (exact) mass is 227 g/mol. The molecule has 5 heteroatoms. The number of Topliss-reactive ketones (excluding diaryl/α,β-unsaturated/α-hetero) is 1. The molecule has 1 aromatic carbocycles. The Morgan fingerprint density at radius 3 is 2.33 bits per heavy atom. The Balaban J connectivity index is 2.89. The van der Waals surface area contributed by atoms with Crippen molar-refractivity contribution in [1.29, 1.82) is 0 Å². The first-order valence-corrected chi connectivity index (χ1v) is 5.51. The summed E-state index contributed by atoms with van der Waals surface area (Å²) >= 11 is 0. The molecular formula is C10H12O4P+. The first-order valence-electron chi connectivity index (χ1n) is 4.38. The quantitative estimate of drug-likeness (QED) is 0.633. The molecule has 0 aliphatic carbocycles. The number of hydrogen-bond acceptors (Lipinski definition) is 3. The van der Waals surface area contributed by atoms with Crippen LogP contribution in [0.2, 0.25) is 0 Å². The molecule has 1 N–H and O–H groups in total. The van der Waals surface area contributed by atoms with Crippen molar-refractivity contribution in [2.45, 2.75) is 19.4 Å². The minimum Gasteiger partial charge on any atom is -0.291 e. The average molecular weight is 227 g/mol. The topological polar surface area (TPSA) is 63.6 Å². The zero-order valence-electron chi connectivity index (χ0n) is 8.51. The molecule has 0 saturated carbocycles. The van der Waals surface area contributed by atoms with Crippen molar-refractivity contribution in [2.75, 3.05) is 0 Å². The lowest BCUT2D eigenvalue weighted by molar-refractivity contribution is 0.0570. The summed E-state index contributed by atoms with van der Waals surface area (Å²) in [5, 5.41) is 0. The van der Waals surface area contributed by atoms with E-state index in [4.69, 9.17) is 4.89 Å². The predicted octanol–water partition coefficient (Wildman–Crippen LogP) is 2.31. The van der Waals surface area contributed by atoms with Crippen LogP contribution in [0.25, 0.3) is 0 Å². The summed E-state index contributed by atoms with van der Waals surface area (Å²) in [4.78, 5) is 20.5. The first-order chi connectivity index (χ1) is 6.93. The maximum Gasteiger partial charge on any atom is 0.695 e. The molecule has 1 aromatic rings. The molecule has 0 radical (unpaired) electrons. The number of ketones is 1. The van der Waals surface area contributed by atoms with Gasteiger partial charge >= 0.3 is 8.25 Å². The number of benzene rings is 1. The Hall–Kier alpha value is -1.09. The minimum atomic E-state index is -2.78. The lowest BCUT2D eigenvalue weighted by Crippen LogP contribution is -2.32. The van der Waals surface area contributed by atoms with E-state index in [1.165, 1.54) is 13.8 Å². The molecular weight excluding hydrogens is 215 g/mol. The van der Waals surface area contributed by atoms with E-state index >= 15 is 0 Å². The largest absolute Gasteiger partial charge is 0.695 e. The summed E-state index contributed by atoms with van der Waals surface area (Å²) in [6.45, 7) is 2.93. The number of carbonyl (C=O) groups is 1. The lowest BCUT2D eigenvalue weighted by atomic mass is 9.97. The average Bonchev–Trinajstić information content (AvgIpc) is 2.16. The van der Waals surface area contributed by atoms with E-state index in [0.29, 0.717) is 5.56 Å². The molecule has 80 valence electrons. The standard InChI is InChI=1S/C10H11O4P/c1-10(2,14-15(12)13)9(11)8-6-4-3-5-7-8/h3-7H,1-2H3/p+1. The fraction of sp³-hybridized carbons (Fsp3) is 0.300. The highest BCUT2D eigenvalue weighted by atomic mass is 31.1. The van der Waals surface area contributed by atoms with Crippen molar-refractivity contribution in [3.63, 3.8) is 0 Å². The van der Waals surface area contributed by atoms with Crippen molar-refractivity contribution in [3.8, 4) is 0 Å². The van der Waals surface area contributed by atoms with E-state index < -0.39 is 13.9 Å². The van der Waals surface area contributed by atoms with Crippen molar-refractivity contribution >= 4 is 14.0 Å². The molecule has 0 saturated heterocycles. The van der Waals surface area contributed by atoms with Gasteiger partial charge in [-0.1, -0.05) is 30.3 Å². The van der Waals surface area contributed by atoms with Gasteiger partial charge in [0.1, 0.15) is 0 Å². The minimum absolute atomic E-state index is 0.319. The molecule has 0 fully saturated rings. The highest BCUT2D eigenvalue weighted by Gasteiger charge is 2.38. The summed E-state index contributed by atoms with van der Waals surface area (Å²) in [5.41, 5.74) is -0.830. The van der Waals surface area contributed by atoms with Crippen LogP contribution in [0, 0.1) is 0 Å². The van der Waals surface area contributed by atoms with Crippen LogP contribution in [-0.2, 0) is 9.09 Å². The Morgan fingerprint density at radius 2 is 1.87 bits per heavy atom. The van der Waals surface area contributed by atoms with Gasteiger partial charge in [-0.2, -0.15) is 0 Å². The second kappa shape index (κ2) is 4.62. The summed E-state index contributed by atoms with van der Waals surface area (Å²) in [5.74, 6) is -0.319. The van der Waals surface area contributed by atoms with Crippen LogP contribution < -0.4 is 0 Å². The van der Waals surface area contributed by atoms with Gasteiger partial charge in [0.2, 0.25) is 0 Å². The van der Waals surface area contributed by atoms with Crippen molar-refractivity contribution < 1.29 is 18.8 Å². The first kappa shape index (κ1) is 12.0. The zero-order chi connectivity index (χ0) is 11.5. The highest BCUT2D eigenvalue weighted by Crippen LogP contribution is 2.28. The van der Waals surface area contributed by atoms with Gasteiger partial charge < -0.3 is 0 Å². The van der Waals surface area contributed by atoms with Gasteiger partial charge in [0.05, 0.1) is 0 Å². The molecule has 1 rings (SSSR count). The third kappa shape index (κ3) is 3.20. The molecule has 0 aromatic heterocycles. The van der Waals surface area contributed by atoms with Crippen LogP contribution in [0.1, 0.15) is 24.2 Å². The molecule has 0 bridgehead atoms. The van der Waals surface area contributed by atoms with Gasteiger partial charge in [-0.15, -0.1) is 9.42 Å². The van der Waals surface area contributed by atoms with E-state index in [2.05, 4.69) is 4.52 Å². The molecule has 0 aliphatic rings. The van der Waals surface area contributed by atoms with Crippen molar-refractivity contribution in [2.24, 2.45) is 0 Å². The van der Waals surface area contributed by atoms with Crippen LogP contribution in [0.3, 0.4) is 0 Å². The SMILES string of the molecule is CC(C)(O[P+](=O)O)C(=O)c1ccccc1. The number of carbonyl (C=O) groups excluding carboxylic acids is 1. The lowest BCUT2D eigenvalue weighted by Gasteiger charge is -2.14. The van der Waals surface area contributed by atoms with Crippen molar-refractivity contribution in [1.82, 2.24) is 0 Å². The molecule has 0 amide bonds. The molecule has 0 spiro atoms. The molecule has 4 nitrogen and oxygen atoms in total. The second-order valence-corrected chi connectivity index (χ2v) is 4.19. The molecule has 1 unspecified atom stereocenters. The Labute approximate surface area is 88.8 Å². The van der Waals surface area contributed by atoms with Gasteiger partial charge in [0.15, 0.2) is 11.4 Å². The second-order valence-electron chi connectivity index (χ2n) is 3.53. The van der Waals surface area contributed by atoms with E-state index in [1.54, 1.807) is 30.3 Å². The van der Waals surface area contributed by atoms with Gasteiger partial charge in [-0.3, -0.25) is 4.79 Å². The maximum absolute atomic E-state index is 11.8.